The Labute approximate surface area is 426 Å². The zero-order chi connectivity index (χ0) is 52.7. The molecule has 0 aromatic heterocycles. The van der Waals surface area contributed by atoms with Crippen molar-refractivity contribution in [2.45, 2.75) is 163 Å². The van der Waals surface area contributed by atoms with E-state index in [1.807, 2.05) is 100 Å². The van der Waals surface area contributed by atoms with Crippen LogP contribution in [0, 0.1) is 13.8 Å². The predicted octanol–water partition coefficient (Wildman–Crippen LogP) is 8.72. The number of benzene rings is 2. The van der Waals surface area contributed by atoms with Crippen LogP contribution in [0.2, 0.25) is 0 Å². The van der Waals surface area contributed by atoms with Crippen molar-refractivity contribution in [3.05, 3.63) is 69.8 Å². The third kappa shape index (κ3) is 22.0. The van der Waals surface area contributed by atoms with E-state index >= 15 is 0 Å². The number of carbonyl (C=O) groups is 5. The van der Waals surface area contributed by atoms with Crippen molar-refractivity contribution in [2.75, 3.05) is 91.6 Å². The highest BCUT2D eigenvalue weighted by Crippen LogP contribution is 2.33. The Morgan fingerprint density at radius 1 is 0.521 bits per heavy atom. The fraction of sp³-hybridized carbons (Fsp3) is 0.696. The first-order valence-corrected chi connectivity index (χ1v) is 26.0. The Hall–Kier alpha value is -4.57. The van der Waals surface area contributed by atoms with Gasteiger partial charge in [0.2, 0.25) is 0 Å². The highest BCUT2D eigenvalue weighted by atomic mass is 16.6. The van der Waals surface area contributed by atoms with Crippen LogP contribution < -0.4 is 5.32 Å². The summed E-state index contributed by atoms with van der Waals surface area (Å²) in [4.78, 5) is 69.6. The highest BCUT2D eigenvalue weighted by molar-refractivity contribution is 5.78. The van der Waals surface area contributed by atoms with Crippen LogP contribution in [0.4, 0.5) is 9.59 Å². The molecule has 2 aromatic rings. The highest BCUT2D eigenvalue weighted by Gasteiger charge is 2.30. The predicted molar refractivity (Wildman–Crippen MR) is 280 cm³/mol. The molecular formula is C56H90N6O9. The summed E-state index contributed by atoms with van der Waals surface area (Å²) >= 11 is 0. The molecule has 4 aliphatic rings. The van der Waals surface area contributed by atoms with Gasteiger partial charge in [-0.3, -0.25) is 29.1 Å². The fourth-order valence-corrected chi connectivity index (χ4v) is 9.14. The number of likely N-dealkylation sites (tertiary alicyclic amines) is 2. The summed E-state index contributed by atoms with van der Waals surface area (Å²) in [6, 6.07) is 12.8. The number of esters is 2. The SMILES string of the molecule is CC(C)(C)OC(=O)N1CCNCC1.Cc1ccc(C=O)c(C2CCN(CC(=O)OC(C)(C)C)CC2)c1.Cc1ccc(CN2CCN(C(=O)OC(C)(C)C)CC2)c(C2CCN(CC(=O)OC(C)(C)C)CC2)c1. The molecule has 398 valence electrons. The monoisotopic (exact) mass is 991 g/mol. The molecule has 0 atom stereocenters. The van der Waals surface area contributed by atoms with Gasteiger partial charge in [-0.25, -0.2) is 9.59 Å². The summed E-state index contributed by atoms with van der Waals surface area (Å²) in [5, 5.41) is 3.18. The molecule has 4 heterocycles. The van der Waals surface area contributed by atoms with E-state index in [0.717, 1.165) is 115 Å². The van der Waals surface area contributed by atoms with Gasteiger partial charge in [-0.1, -0.05) is 47.5 Å². The Morgan fingerprint density at radius 2 is 0.915 bits per heavy atom. The average Bonchev–Trinajstić information content (AvgIpc) is 3.26. The molecule has 15 nitrogen and oxygen atoms in total. The van der Waals surface area contributed by atoms with E-state index in [2.05, 4.69) is 58.1 Å². The topological polar surface area (TPSA) is 150 Å². The average molecular weight is 991 g/mol. The van der Waals surface area contributed by atoms with Crippen LogP contribution in [-0.2, 0) is 35.1 Å². The Balaban J connectivity index is 0.000000259. The minimum atomic E-state index is -0.465. The zero-order valence-electron chi connectivity index (χ0n) is 46.0. The fourth-order valence-electron chi connectivity index (χ4n) is 9.14. The molecule has 4 fully saturated rings. The van der Waals surface area contributed by atoms with E-state index in [4.69, 9.17) is 18.9 Å². The van der Waals surface area contributed by atoms with Gasteiger partial charge in [-0.2, -0.15) is 0 Å². The second kappa shape index (κ2) is 26.4. The van der Waals surface area contributed by atoms with Crippen LogP contribution in [0.25, 0.3) is 0 Å². The van der Waals surface area contributed by atoms with Gasteiger partial charge >= 0.3 is 24.1 Å². The number of rotatable bonds is 9. The maximum Gasteiger partial charge on any atom is 0.410 e. The minimum absolute atomic E-state index is 0.141. The Bertz CT molecular complexity index is 2040. The molecule has 2 amide bonds. The molecule has 2 aromatic carbocycles. The van der Waals surface area contributed by atoms with Crippen molar-refractivity contribution >= 4 is 30.4 Å². The van der Waals surface area contributed by atoms with E-state index in [9.17, 15) is 24.0 Å². The van der Waals surface area contributed by atoms with Gasteiger partial charge in [0.1, 0.15) is 28.7 Å². The van der Waals surface area contributed by atoms with Gasteiger partial charge in [0.05, 0.1) is 13.1 Å². The van der Waals surface area contributed by atoms with E-state index in [-0.39, 0.29) is 29.7 Å². The van der Waals surface area contributed by atoms with Gasteiger partial charge in [-0.15, -0.1) is 0 Å². The van der Waals surface area contributed by atoms with Gasteiger partial charge in [-0.05, 0) is 177 Å². The lowest BCUT2D eigenvalue weighted by Crippen LogP contribution is -2.49. The van der Waals surface area contributed by atoms with Crippen LogP contribution in [0.1, 0.15) is 159 Å². The normalized spacial score (nSPS) is 18.3. The van der Waals surface area contributed by atoms with Gasteiger partial charge < -0.3 is 34.1 Å². The van der Waals surface area contributed by atoms with Crippen molar-refractivity contribution < 1.29 is 42.9 Å². The molecule has 0 bridgehead atoms. The number of hydrogen-bond donors (Lipinski definition) is 1. The number of hydrogen-bond acceptors (Lipinski definition) is 13. The summed E-state index contributed by atoms with van der Waals surface area (Å²) in [5.41, 5.74) is 5.51. The van der Waals surface area contributed by atoms with E-state index in [0.29, 0.717) is 38.0 Å². The van der Waals surface area contributed by atoms with Crippen LogP contribution in [-0.4, -0.2) is 169 Å². The molecule has 0 unspecified atom stereocenters. The number of ether oxygens (including phenoxy) is 4. The van der Waals surface area contributed by atoms with Crippen LogP contribution in [0.3, 0.4) is 0 Å². The molecule has 15 heteroatoms. The molecular weight excluding hydrogens is 901 g/mol. The molecule has 4 aliphatic heterocycles. The van der Waals surface area contributed by atoms with Crippen LogP contribution in [0.15, 0.2) is 36.4 Å². The number of nitrogens with zero attached hydrogens (tertiary/aromatic N) is 5. The molecule has 0 saturated carbocycles. The van der Waals surface area contributed by atoms with Crippen molar-refractivity contribution in [3.8, 4) is 0 Å². The summed E-state index contributed by atoms with van der Waals surface area (Å²) in [5.74, 6) is 0.589. The number of carbonyl (C=O) groups excluding carboxylic acids is 5. The molecule has 0 spiro atoms. The third-order valence-corrected chi connectivity index (χ3v) is 12.5. The number of aldehydes is 1. The minimum Gasteiger partial charge on any atom is -0.459 e. The van der Waals surface area contributed by atoms with E-state index in [1.165, 1.54) is 22.3 Å². The molecule has 4 saturated heterocycles. The molecule has 71 heavy (non-hydrogen) atoms. The molecule has 1 N–H and O–H groups in total. The van der Waals surface area contributed by atoms with E-state index in [1.54, 1.807) is 4.90 Å². The number of aryl methyl sites for hydroxylation is 2. The van der Waals surface area contributed by atoms with Crippen molar-refractivity contribution in [2.24, 2.45) is 0 Å². The first kappa shape index (κ1) is 59.0. The standard InChI is InChI=1S/C28H45N3O4.C19H27NO3.C9H18N2O2/c1-21-8-9-23(19-30-14-16-31(17-15-30)26(33)35-28(5,6)7)24(18-21)22-10-12-29(13-11-22)20-25(32)34-27(2,3)4;1-14-5-6-16(13-21)17(11-14)15-7-9-20(10-8-15)12-18(22)23-19(2,3)4;1-9(2,3)13-8(12)11-6-4-10-5-7-11/h8-9,18,22H,10-17,19-20H2,1-7H3;5-6,11,13,15H,7-10,12H2,1-4H3;10H,4-7H2,1-3H3. The zero-order valence-corrected chi connectivity index (χ0v) is 46.0. The number of piperazine rings is 2. The Kier molecular flexibility index (Phi) is 21.9. The molecule has 0 aliphatic carbocycles. The number of piperidine rings is 2. The quantitative estimate of drug-likeness (QED) is 0.145. The summed E-state index contributed by atoms with van der Waals surface area (Å²) in [6.45, 7) is 38.4. The molecule has 6 rings (SSSR count). The van der Waals surface area contributed by atoms with Gasteiger partial charge in [0, 0.05) is 64.5 Å². The lowest BCUT2D eigenvalue weighted by atomic mass is 9.85. The van der Waals surface area contributed by atoms with Gasteiger partial charge in [0.25, 0.3) is 0 Å². The maximum absolute atomic E-state index is 12.4. The lowest BCUT2D eigenvalue weighted by Gasteiger charge is -2.37. The summed E-state index contributed by atoms with van der Waals surface area (Å²) in [6.07, 6.45) is 4.56. The summed E-state index contributed by atoms with van der Waals surface area (Å²) < 4.78 is 21.6. The van der Waals surface area contributed by atoms with E-state index < -0.39 is 16.8 Å². The van der Waals surface area contributed by atoms with Crippen LogP contribution >= 0.6 is 0 Å². The second-order valence-electron chi connectivity index (χ2n) is 23.7. The smallest absolute Gasteiger partial charge is 0.410 e. The number of nitrogens with one attached hydrogen (secondary N) is 1. The largest absolute Gasteiger partial charge is 0.459 e. The second-order valence-corrected chi connectivity index (χ2v) is 23.7. The number of amides is 2. The first-order chi connectivity index (χ1) is 33.1. The van der Waals surface area contributed by atoms with Crippen LogP contribution in [0.5, 0.6) is 0 Å². The summed E-state index contributed by atoms with van der Waals surface area (Å²) in [7, 11) is 0. The maximum atomic E-state index is 12.4. The first-order valence-electron chi connectivity index (χ1n) is 26.0. The Morgan fingerprint density at radius 3 is 1.34 bits per heavy atom. The third-order valence-electron chi connectivity index (χ3n) is 12.5. The molecule has 0 radical (unpaired) electrons. The van der Waals surface area contributed by atoms with Crippen molar-refractivity contribution in [1.29, 1.82) is 0 Å². The van der Waals surface area contributed by atoms with Crippen molar-refractivity contribution in [3.63, 3.8) is 0 Å². The van der Waals surface area contributed by atoms with Gasteiger partial charge in [0.15, 0.2) is 0 Å². The lowest BCUT2D eigenvalue weighted by molar-refractivity contribution is -0.157. The van der Waals surface area contributed by atoms with Crippen molar-refractivity contribution in [1.82, 2.24) is 29.8 Å².